The van der Waals surface area contributed by atoms with Crippen LogP contribution in [0, 0.1) is 10.1 Å². The quantitative estimate of drug-likeness (QED) is 0.167. The Morgan fingerprint density at radius 1 is 1.34 bits per heavy atom. The average molecular weight is 430 g/mol. The number of carbonyl (C=O) groups is 1. The SMILES string of the molecule is CSc1ccccc1OCC(O)CNC(C)(C)CNC(=O)CCCCO[N+](=O)[O-]. The minimum absolute atomic E-state index is 0.00525. The number of thioether (sulfide) groups is 1. The van der Waals surface area contributed by atoms with Gasteiger partial charge in [-0.15, -0.1) is 21.9 Å². The lowest BCUT2D eigenvalue weighted by Gasteiger charge is -2.28. The van der Waals surface area contributed by atoms with E-state index < -0.39 is 16.7 Å². The molecule has 0 saturated carbocycles. The van der Waals surface area contributed by atoms with E-state index in [1.807, 2.05) is 44.4 Å². The maximum Gasteiger partial charge on any atom is 0.294 e. The fourth-order valence-electron chi connectivity index (χ4n) is 2.37. The lowest BCUT2D eigenvalue weighted by atomic mass is 10.1. The minimum Gasteiger partial charge on any atom is -0.490 e. The first-order chi connectivity index (χ1) is 13.7. The van der Waals surface area contributed by atoms with Crippen molar-refractivity contribution in [2.24, 2.45) is 0 Å². The third-order valence-electron chi connectivity index (χ3n) is 4.04. The first-order valence-electron chi connectivity index (χ1n) is 9.46. The number of aliphatic hydroxyl groups excluding tert-OH is 1. The molecule has 0 fully saturated rings. The van der Waals surface area contributed by atoms with Crippen molar-refractivity contribution in [3.05, 3.63) is 34.4 Å². The molecule has 1 amide bonds. The summed E-state index contributed by atoms with van der Waals surface area (Å²) in [6.07, 6.45) is 2.52. The molecule has 0 aromatic heterocycles. The van der Waals surface area contributed by atoms with Crippen LogP contribution in [0.4, 0.5) is 0 Å². The number of rotatable bonds is 15. The molecule has 1 aromatic carbocycles. The number of unbranched alkanes of at least 4 members (excludes halogenated alkanes) is 1. The lowest BCUT2D eigenvalue weighted by molar-refractivity contribution is -0.757. The zero-order valence-corrected chi connectivity index (χ0v) is 18.0. The average Bonchev–Trinajstić information content (AvgIpc) is 2.69. The van der Waals surface area contributed by atoms with Crippen molar-refractivity contribution in [3.63, 3.8) is 0 Å². The van der Waals surface area contributed by atoms with Gasteiger partial charge in [-0.05, 0) is 45.1 Å². The van der Waals surface area contributed by atoms with Crippen LogP contribution in [0.2, 0.25) is 0 Å². The Hall–Kier alpha value is -2.04. The second-order valence-corrected chi connectivity index (χ2v) is 8.02. The number of carbonyl (C=O) groups excluding carboxylic acids is 1. The lowest BCUT2D eigenvalue weighted by Crippen LogP contribution is -2.51. The highest BCUT2D eigenvalue weighted by molar-refractivity contribution is 7.98. The van der Waals surface area contributed by atoms with E-state index in [1.54, 1.807) is 11.8 Å². The molecule has 0 radical (unpaired) electrons. The van der Waals surface area contributed by atoms with Gasteiger partial charge in [0.15, 0.2) is 0 Å². The Bertz CT molecular complexity index is 644. The molecule has 0 spiro atoms. The highest BCUT2D eigenvalue weighted by atomic mass is 32.2. The first kappa shape index (κ1) is 25.0. The number of hydrogen-bond donors (Lipinski definition) is 3. The highest BCUT2D eigenvalue weighted by Crippen LogP contribution is 2.26. The molecule has 0 heterocycles. The maximum atomic E-state index is 11.9. The van der Waals surface area contributed by atoms with Gasteiger partial charge in [-0.3, -0.25) is 4.79 Å². The second-order valence-electron chi connectivity index (χ2n) is 7.17. The maximum absolute atomic E-state index is 11.9. The molecule has 10 heteroatoms. The summed E-state index contributed by atoms with van der Waals surface area (Å²) >= 11 is 1.58. The summed E-state index contributed by atoms with van der Waals surface area (Å²) in [5.41, 5.74) is -0.414. The largest absolute Gasteiger partial charge is 0.490 e. The van der Waals surface area contributed by atoms with Crippen molar-refractivity contribution in [3.8, 4) is 5.75 Å². The van der Waals surface area contributed by atoms with Gasteiger partial charge in [0.1, 0.15) is 18.5 Å². The number of nitrogens with one attached hydrogen (secondary N) is 2. The smallest absolute Gasteiger partial charge is 0.294 e. The van der Waals surface area contributed by atoms with Gasteiger partial charge in [-0.2, -0.15) is 0 Å². The van der Waals surface area contributed by atoms with E-state index in [9.17, 15) is 20.0 Å². The van der Waals surface area contributed by atoms with Crippen LogP contribution in [0.1, 0.15) is 33.1 Å². The van der Waals surface area contributed by atoms with Crippen LogP contribution in [0.3, 0.4) is 0 Å². The molecule has 1 aromatic rings. The van der Waals surface area contributed by atoms with Crippen molar-refractivity contribution in [2.75, 3.05) is 32.6 Å². The molecule has 0 aliphatic rings. The summed E-state index contributed by atoms with van der Waals surface area (Å²) in [5.74, 6) is 0.618. The number of aliphatic hydroxyl groups is 1. The van der Waals surface area contributed by atoms with Crippen LogP contribution in [0.5, 0.6) is 5.75 Å². The molecule has 1 rings (SSSR count). The summed E-state index contributed by atoms with van der Waals surface area (Å²) in [7, 11) is 0. The number of amides is 1. The van der Waals surface area contributed by atoms with Gasteiger partial charge in [0.05, 0.1) is 6.61 Å². The molecular formula is C19H31N3O6S. The third kappa shape index (κ3) is 11.5. The number of β-amino-alcohol motifs (C(OH)–C–C–N with tert-alkyl or cyclic N) is 1. The Kier molecular flexibility index (Phi) is 11.4. The van der Waals surface area contributed by atoms with Crippen molar-refractivity contribution in [2.45, 2.75) is 49.6 Å². The Balaban J connectivity index is 2.23. The summed E-state index contributed by atoms with van der Waals surface area (Å²) in [5, 5.41) is 25.4. The molecule has 164 valence electrons. The van der Waals surface area contributed by atoms with Gasteiger partial charge in [0.25, 0.3) is 5.09 Å². The monoisotopic (exact) mass is 429 g/mol. The molecule has 1 unspecified atom stereocenters. The predicted molar refractivity (Wildman–Crippen MR) is 112 cm³/mol. The molecule has 0 saturated heterocycles. The summed E-state index contributed by atoms with van der Waals surface area (Å²) in [6, 6.07) is 7.66. The number of nitrogens with zero attached hydrogens (tertiary/aromatic N) is 1. The topological polar surface area (TPSA) is 123 Å². The third-order valence-corrected chi connectivity index (χ3v) is 4.82. The van der Waals surface area contributed by atoms with Crippen LogP contribution in [-0.2, 0) is 9.63 Å². The predicted octanol–water partition coefficient (Wildman–Crippen LogP) is 2.01. The zero-order valence-electron chi connectivity index (χ0n) is 17.2. The van der Waals surface area contributed by atoms with Gasteiger partial charge in [-0.1, -0.05) is 12.1 Å². The number of hydrogen-bond acceptors (Lipinski definition) is 8. The molecule has 29 heavy (non-hydrogen) atoms. The molecule has 0 aliphatic heterocycles. The second kappa shape index (κ2) is 13.2. The van der Waals surface area contributed by atoms with E-state index in [4.69, 9.17) is 4.74 Å². The summed E-state index contributed by atoms with van der Waals surface area (Å²) in [6.45, 7) is 4.72. The molecule has 9 nitrogen and oxygen atoms in total. The number of para-hydroxylation sites is 1. The van der Waals surface area contributed by atoms with E-state index >= 15 is 0 Å². The van der Waals surface area contributed by atoms with Crippen LogP contribution < -0.4 is 15.4 Å². The molecule has 3 N–H and O–H groups in total. The van der Waals surface area contributed by atoms with E-state index in [2.05, 4.69) is 15.5 Å². The minimum atomic E-state index is -0.838. The van der Waals surface area contributed by atoms with Crippen LogP contribution in [0.25, 0.3) is 0 Å². The highest BCUT2D eigenvalue weighted by Gasteiger charge is 2.20. The Morgan fingerprint density at radius 3 is 2.76 bits per heavy atom. The van der Waals surface area contributed by atoms with E-state index in [1.165, 1.54) is 0 Å². The molecule has 1 atom stereocenters. The van der Waals surface area contributed by atoms with Gasteiger partial charge in [0.2, 0.25) is 5.91 Å². The van der Waals surface area contributed by atoms with Crippen molar-refractivity contribution < 1.29 is 24.6 Å². The number of ether oxygens (including phenoxy) is 1. The van der Waals surface area contributed by atoms with Crippen molar-refractivity contribution in [1.82, 2.24) is 10.6 Å². The molecule has 0 bridgehead atoms. The Morgan fingerprint density at radius 2 is 2.07 bits per heavy atom. The fourth-order valence-corrected chi connectivity index (χ4v) is 2.92. The summed E-state index contributed by atoms with van der Waals surface area (Å²) in [4.78, 5) is 27.1. The summed E-state index contributed by atoms with van der Waals surface area (Å²) < 4.78 is 5.70. The molecular weight excluding hydrogens is 398 g/mol. The van der Waals surface area contributed by atoms with Crippen LogP contribution in [0.15, 0.2) is 29.2 Å². The normalized spacial score (nSPS) is 12.3. The van der Waals surface area contributed by atoms with Gasteiger partial charge in [-0.25, -0.2) is 0 Å². The van der Waals surface area contributed by atoms with Crippen LogP contribution in [-0.4, -0.2) is 60.3 Å². The zero-order chi connectivity index (χ0) is 21.7. The number of benzene rings is 1. The van der Waals surface area contributed by atoms with E-state index in [0.29, 0.717) is 25.9 Å². The van der Waals surface area contributed by atoms with Gasteiger partial charge < -0.3 is 25.3 Å². The van der Waals surface area contributed by atoms with E-state index in [-0.39, 0.29) is 25.5 Å². The van der Waals surface area contributed by atoms with Crippen molar-refractivity contribution >= 4 is 17.7 Å². The van der Waals surface area contributed by atoms with Gasteiger partial charge >= 0.3 is 0 Å². The standard InChI is InChI=1S/C19H31N3O6S/c1-19(2,14-20-18(24)10-6-7-11-28-22(25)26)21-12-15(23)13-27-16-8-4-5-9-17(16)29-3/h4-5,8-9,15,21,23H,6-7,10-14H2,1-3H3,(H,20,24). The Labute approximate surface area is 175 Å². The van der Waals surface area contributed by atoms with E-state index in [0.717, 1.165) is 10.6 Å². The van der Waals surface area contributed by atoms with Crippen molar-refractivity contribution in [1.29, 1.82) is 0 Å². The fraction of sp³-hybridized carbons (Fsp3) is 0.632. The first-order valence-corrected chi connectivity index (χ1v) is 10.7. The van der Waals surface area contributed by atoms with Crippen LogP contribution >= 0.6 is 11.8 Å². The van der Waals surface area contributed by atoms with Gasteiger partial charge in [0, 0.05) is 29.9 Å². The molecule has 0 aliphatic carbocycles.